The minimum atomic E-state index is 1.07. The number of aromatic amines is 1. The van der Waals surface area contributed by atoms with E-state index >= 15 is 0 Å². The summed E-state index contributed by atoms with van der Waals surface area (Å²) in [5.74, 6) is 0. The summed E-state index contributed by atoms with van der Waals surface area (Å²) in [5, 5.41) is 10.2. The molecule has 3 rings (SSSR count). The second-order valence-corrected chi connectivity index (χ2v) is 2.86. The summed E-state index contributed by atoms with van der Waals surface area (Å²) in [5.41, 5.74) is 4.45. The van der Waals surface area contributed by atoms with Gasteiger partial charge in [0, 0.05) is 11.3 Å². The van der Waals surface area contributed by atoms with Gasteiger partial charge in [-0.1, -0.05) is 6.08 Å². The van der Waals surface area contributed by atoms with Gasteiger partial charge in [-0.15, -0.1) is 0 Å². The van der Waals surface area contributed by atoms with Crippen LogP contribution in [-0.4, -0.2) is 10.2 Å². The molecule has 0 aliphatic carbocycles. The van der Waals surface area contributed by atoms with Crippen LogP contribution in [0.15, 0.2) is 30.1 Å². The molecule has 0 atom stereocenters. The smallest absolute Gasteiger partial charge is 0.0885 e. The summed E-state index contributed by atoms with van der Waals surface area (Å²) in [7, 11) is 0. The van der Waals surface area contributed by atoms with E-state index in [4.69, 9.17) is 0 Å². The number of allylic oxidation sites excluding steroid dienone is 3. The molecule has 0 saturated carbocycles. The van der Waals surface area contributed by atoms with E-state index in [0.29, 0.717) is 0 Å². The van der Waals surface area contributed by atoms with Gasteiger partial charge in [0.2, 0.25) is 0 Å². The van der Waals surface area contributed by atoms with Crippen molar-refractivity contribution in [2.24, 2.45) is 0 Å². The van der Waals surface area contributed by atoms with Gasteiger partial charge in [0.25, 0.3) is 0 Å². The highest BCUT2D eigenvalue weighted by molar-refractivity contribution is 5.80. The van der Waals surface area contributed by atoms with E-state index in [2.05, 4.69) is 21.6 Å². The molecule has 2 N–H and O–H groups in total. The number of hydrogen-bond donors (Lipinski definition) is 2. The van der Waals surface area contributed by atoms with Gasteiger partial charge in [0.1, 0.15) is 0 Å². The molecule has 0 amide bonds. The molecule has 2 bridgehead atoms. The van der Waals surface area contributed by atoms with Gasteiger partial charge < -0.3 is 5.32 Å². The fourth-order valence-corrected chi connectivity index (χ4v) is 1.51. The van der Waals surface area contributed by atoms with E-state index in [1.54, 1.807) is 0 Å². The third-order valence-electron chi connectivity index (χ3n) is 2.07. The van der Waals surface area contributed by atoms with Gasteiger partial charge in [0.15, 0.2) is 0 Å². The molecule has 2 aliphatic rings. The lowest BCUT2D eigenvalue weighted by atomic mass is 10.0. The molecule has 0 radical (unpaired) electrons. The predicted octanol–water partition coefficient (Wildman–Crippen LogP) is 1.26. The first-order valence-corrected chi connectivity index (χ1v) is 3.84. The van der Waals surface area contributed by atoms with E-state index in [0.717, 1.165) is 22.7 Å². The molecule has 0 spiro atoms. The number of fused-ring (bicyclic) bond motifs is 4. The zero-order valence-corrected chi connectivity index (χ0v) is 6.33. The van der Waals surface area contributed by atoms with Gasteiger partial charge in [-0.3, -0.25) is 5.10 Å². The Morgan fingerprint density at radius 2 is 2.33 bits per heavy atom. The molecule has 3 heterocycles. The maximum absolute atomic E-state index is 3.99. The van der Waals surface area contributed by atoms with E-state index in [-0.39, 0.29) is 0 Å². The Balaban J connectivity index is 2.34. The van der Waals surface area contributed by atoms with Crippen LogP contribution in [0.4, 0.5) is 0 Å². The predicted molar refractivity (Wildman–Crippen MR) is 46.8 cm³/mol. The molecule has 12 heavy (non-hydrogen) atoms. The number of aromatic nitrogens is 2. The minimum Gasteiger partial charge on any atom is -0.354 e. The van der Waals surface area contributed by atoms with Crippen molar-refractivity contribution in [2.75, 3.05) is 0 Å². The van der Waals surface area contributed by atoms with Gasteiger partial charge in [-0.2, -0.15) is 5.10 Å². The van der Waals surface area contributed by atoms with Crippen molar-refractivity contribution in [2.45, 2.75) is 0 Å². The lowest BCUT2D eigenvalue weighted by Gasteiger charge is -2.18. The average Bonchev–Trinajstić information content (AvgIpc) is 2.53. The van der Waals surface area contributed by atoms with Crippen molar-refractivity contribution in [3.05, 3.63) is 41.4 Å². The number of hydrogen-bond acceptors (Lipinski definition) is 2. The number of nitrogens with zero attached hydrogens (tertiary/aromatic N) is 1. The first-order chi connectivity index (χ1) is 5.93. The number of rotatable bonds is 0. The number of nitrogens with one attached hydrogen (secondary N) is 2. The molecule has 3 heteroatoms. The Hall–Kier alpha value is -1.77. The van der Waals surface area contributed by atoms with Crippen molar-refractivity contribution in [3.63, 3.8) is 0 Å². The molecule has 58 valence electrons. The van der Waals surface area contributed by atoms with Crippen LogP contribution < -0.4 is 5.32 Å². The monoisotopic (exact) mass is 157 g/mol. The molecule has 1 aromatic rings. The van der Waals surface area contributed by atoms with E-state index in [1.165, 1.54) is 0 Å². The van der Waals surface area contributed by atoms with E-state index in [9.17, 15) is 0 Å². The summed E-state index contributed by atoms with van der Waals surface area (Å²) < 4.78 is 0. The molecular weight excluding hydrogens is 150 g/mol. The zero-order valence-electron chi connectivity index (χ0n) is 6.33. The summed E-state index contributed by atoms with van der Waals surface area (Å²) in [6, 6.07) is 0. The van der Waals surface area contributed by atoms with Crippen molar-refractivity contribution in [1.82, 2.24) is 15.5 Å². The number of H-pyrrole nitrogens is 1. The summed E-state index contributed by atoms with van der Waals surface area (Å²) in [6.45, 7) is 0. The second kappa shape index (κ2) is 1.88. The van der Waals surface area contributed by atoms with Gasteiger partial charge >= 0.3 is 0 Å². The first kappa shape index (κ1) is 5.83. The van der Waals surface area contributed by atoms with Crippen LogP contribution in [0.1, 0.15) is 11.3 Å². The highest BCUT2D eigenvalue weighted by atomic mass is 15.1. The van der Waals surface area contributed by atoms with Crippen LogP contribution in [0.25, 0.3) is 11.8 Å². The van der Waals surface area contributed by atoms with Crippen LogP contribution in [-0.2, 0) is 0 Å². The highest BCUT2D eigenvalue weighted by Crippen LogP contribution is 2.25. The first-order valence-electron chi connectivity index (χ1n) is 3.84. The number of dihydropyridines is 1. The van der Waals surface area contributed by atoms with Crippen molar-refractivity contribution < 1.29 is 0 Å². The van der Waals surface area contributed by atoms with Crippen molar-refractivity contribution in [1.29, 1.82) is 0 Å². The molecular formula is C9H7N3. The largest absolute Gasteiger partial charge is 0.354 e. The molecule has 0 aromatic carbocycles. The Morgan fingerprint density at radius 3 is 3.33 bits per heavy atom. The lowest BCUT2D eigenvalue weighted by molar-refractivity contribution is 1.03. The Bertz CT molecular complexity index is 421. The van der Waals surface area contributed by atoms with Crippen LogP contribution in [0.2, 0.25) is 0 Å². The maximum atomic E-state index is 3.99. The lowest BCUT2D eigenvalue weighted by Crippen LogP contribution is -2.16. The minimum absolute atomic E-state index is 1.07. The zero-order chi connectivity index (χ0) is 7.97. The van der Waals surface area contributed by atoms with Gasteiger partial charge in [0.05, 0.1) is 17.6 Å². The summed E-state index contributed by atoms with van der Waals surface area (Å²) in [4.78, 5) is 0. The summed E-state index contributed by atoms with van der Waals surface area (Å²) >= 11 is 0. The van der Waals surface area contributed by atoms with Crippen molar-refractivity contribution >= 4 is 11.8 Å². The van der Waals surface area contributed by atoms with Crippen LogP contribution in [0.5, 0.6) is 0 Å². The standard InChI is InChI=1S/C9H7N3/c1-2-7-4-6-5-10-12-9(6)8(3-1)11-7/h1-5,11H,(H,10,12). The SMILES string of the molecule is C1=CC2=Cc3cn[nH]c3C(=C1)N2. The van der Waals surface area contributed by atoms with Crippen LogP contribution >= 0.6 is 0 Å². The molecule has 3 nitrogen and oxygen atoms in total. The Morgan fingerprint density at radius 1 is 1.33 bits per heavy atom. The molecule has 1 aromatic heterocycles. The second-order valence-electron chi connectivity index (χ2n) is 2.86. The molecule has 0 unspecified atom stereocenters. The topological polar surface area (TPSA) is 40.7 Å². The fraction of sp³-hybridized carbons (Fsp3) is 0. The fourth-order valence-electron chi connectivity index (χ4n) is 1.51. The van der Waals surface area contributed by atoms with Crippen molar-refractivity contribution in [3.8, 4) is 0 Å². The summed E-state index contributed by atoms with van der Waals surface area (Å²) in [6.07, 6.45) is 10.0. The molecule has 0 saturated heterocycles. The molecule has 2 aliphatic heterocycles. The normalized spacial score (nSPS) is 17.7. The van der Waals surface area contributed by atoms with Gasteiger partial charge in [-0.05, 0) is 18.2 Å². The molecule has 0 fully saturated rings. The van der Waals surface area contributed by atoms with Crippen LogP contribution in [0.3, 0.4) is 0 Å². The third-order valence-corrected chi connectivity index (χ3v) is 2.07. The maximum Gasteiger partial charge on any atom is 0.0885 e. The van der Waals surface area contributed by atoms with Gasteiger partial charge in [-0.25, -0.2) is 0 Å². The van der Waals surface area contributed by atoms with E-state index < -0.39 is 0 Å². The van der Waals surface area contributed by atoms with Crippen LogP contribution in [0, 0.1) is 0 Å². The quantitative estimate of drug-likeness (QED) is 0.595. The third kappa shape index (κ3) is 0.625. The average molecular weight is 157 g/mol. The Kier molecular flexibility index (Phi) is 0.913. The van der Waals surface area contributed by atoms with E-state index in [1.807, 2.05) is 24.4 Å². The Labute approximate surface area is 69.5 Å². The highest BCUT2D eigenvalue weighted by Gasteiger charge is 2.16.